The third kappa shape index (κ3) is 3.61. The van der Waals surface area contributed by atoms with Gasteiger partial charge in [0.1, 0.15) is 0 Å². The number of aromatic nitrogens is 2. The molecule has 7 heteroatoms. The van der Waals surface area contributed by atoms with Crippen LogP contribution in [-0.2, 0) is 6.42 Å². The first-order valence-electron chi connectivity index (χ1n) is 6.55. The minimum absolute atomic E-state index is 0.108. The summed E-state index contributed by atoms with van der Waals surface area (Å²) >= 11 is 4.66. The first-order valence-corrected chi connectivity index (χ1v) is 8.16. The number of nitrogens with one attached hydrogen (secondary N) is 1. The number of aryl methyl sites for hydroxylation is 1. The van der Waals surface area contributed by atoms with E-state index in [1.165, 1.54) is 16.9 Å². The number of hydrogen-bond acceptors (Lipinski definition) is 5. The maximum atomic E-state index is 12.0. The minimum Gasteiger partial charge on any atom is -0.407 e. The molecule has 1 aromatic carbocycles. The molecule has 0 unspecified atom stereocenters. The number of benzene rings is 1. The van der Waals surface area contributed by atoms with Crippen molar-refractivity contribution in [3.8, 4) is 0 Å². The second-order valence-electron chi connectivity index (χ2n) is 4.72. The second-order valence-corrected chi connectivity index (χ2v) is 7.18. The van der Waals surface area contributed by atoms with Gasteiger partial charge in [0.2, 0.25) is 5.89 Å². The Morgan fingerprint density at radius 1 is 1.23 bits per heavy atom. The lowest BCUT2D eigenvalue weighted by Crippen LogP contribution is -2.10. The molecule has 0 bridgehead atoms. The molecule has 1 amide bonds. The van der Waals surface area contributed by atoms with Crippen LogP contribution < -0.4 is 5.32 Å². The van der Waals surface area contributed by atoms with Crippen LogP contribution in [0.3, 0.4) is 0 Å². The summed E-state index contributed by atoms with van der Waals surface area (Å²) in [5.74, 6) is 0.202. The molecule has 0 aliphatic rings. The van der Waals surface area contributed by atoms with Gasteiger partial charge in [0.25, 0.3) is 5.91 Å². The second kappa shape index (κ2) is 6.41. The molecule has 0 spiro atoms. The standard InChI is InChI=1S/C15H12BrN3O2S/c1-9-2-4-10(5-3-9)8-13-18-19-15(21-13)17-14(20)11-6-7-12(16)22-11/h2-7H,8H2,1H3,(H,17,19,20). The van der Waals surface area contributed by atoms with Crippen molar-refractivity contribution in [2.45, 2.75) is 13.3 Å². The summed E-state index contributed by atoms with van der Waals surface area (Å²) in [5, 5.41) is 10.4. The molecule has 1 N–H and O–H groups in total. The summed E-state index contributed by atoms with van der Waals surface area (Å²) in [7, 11) is 0. The zero-order valence-electron chi connectivity index (χ0n) is 11.7. The first kappa shape index (κ1) is 14.9. The zero-order valence-corrected chi connectivity index (χ0v) is 14.1. The van der Waals surface area contributed by atoms with Crippen LogP contribution in [0.15, 0.2) is 44.6 Å². The molecule has 0 aliphatic carbocycles. The first-order chi connectivity index (χ1) is 10.6. The van der Waals surface area contributed by atoms with Gasteiger partial charge in [-0.25, -0.2) is 0 Å². The Morgan fingerprint density at radius 3 is 2.68 bits per heavy atom. The summed E-state index contributed by atoms with van der Waals surface area (Å²) in [4.78, 5) is 12.6. The van der Waals surface area contributed by atoms with Crippen LogP contribution in [-0.4, -0.2) is 16.1 Å². The van der Waals surface area contributed by atoms with Crippen LogP contribution in [0.4, 0.5) is 6.01 Å². The molecule has 22 heavy (non-hydrogen) atoms. The predicted octanol–water partition coefficient (Wildman–Crippen LogP) is 4.05. The van der Waals surface area contributed by atoms with Crippen molar-refractivity contribution in [2.24, 2.45) is 0 Å². The highest BCUT2D eigenvalue weighted by molar-refractivity contribution is 9.11. The van der Waals surface area contributed by atoms with Gasteiger partial charge in [0, 0.05) is 0 Å². The van der Waals surface area contributed by atoms with Gasteiger partial charge < -0.3 is 4.42 Å². The van der Waals surface area contributed by atoms with Crippen LogP contribution >= 0.6 is 27.3 Å². The Morgan fingerprint density at radius 2 is 2.00 bits per heavy atom. The normalized spacial score (nSPS) is 10.6. The summed E-state index contributed by atoms with van der Waals surface area (Å²) in [6.07, 6.45) is 0.535. The lowest BCUT2D eigenvalue weighted by molar-refractivity contribution is 0.102. The molecule has 0 atom stereocenters. The Hall–Kier alpha value is -1.99. The molecule has 3 aromatic rings. The number of hydrogen-bond donors (Lipinski definition) is 1. The molecular weight excluding hydrogens is 366 g/mol. The van der Waals surface area contributed by atoms with Crippen molar-refractivity contribution in [1.29, 1.82) is 0 Å². The van der Waals surface area contributed by atoms with E-state index in [4.69, 9.17) is 4.42 Å². The fraction of sp³-hybridized carbons (Fsp3) is 0.133. The highest BCUT2D eigenvalue weighted by Crippen LogP contribution is 2.23. The van der Waals surface area contributed by atoms with Gasteiger partial charge in [-0.05, 0) is 40.5 Å². The molecule has 112 valence electrons. The molecule has 3 rings (SSSR count). The molecule has 0 saturated heterocycles. The van der Waals surface area contributed by atoms with Gasteiger partial charge in [0.15, 0.2) is 0 Å². The summed E-state index contributed by atoms with van der Waals surface area (Å²) in [6, 6.07) is 11.7. The van der Waals surface area contributed by atoms with E-state index < -0.39 is 0 Å². The lowest BCUT2D eigenvalue weighted by atomic mass is 10.1. The quantitative estimate of drug-likeness (QED) is 0.744. The van der Waals surface area contributed by atoms with Gasteiger partial charge in [-0.2, -0.15) is 0 Å². The Labute approximate surface area is 139 Å². The van der Waals surface area contributed by atoms with E-state index in [1.807, 2.05) is 37.3 Å². The largest absolute Gasteiger partial charge is 0.407 e. The van der Waals surface area contributed by atoms with E-state index in [-0.39, 0.29) is 11.9 Å². The highest BCUT2D eigenvalue weighted by Gasteiger charge is 2.13. The van der Waals surface area contributed by atoms with E-state index in [1.54, 1.807) is 6.07 Å². The fourth-order valence-corrected chi connectivity index (χ4v) is 3.13. The molecule has 2 aromatic heterocycles. The van der Waals surface area contributed by atoms with Crippen LogP contribution in [0.5, 0.6) is 0 Å². The average Bonchev–Trinajstić information content (AvgIpc) is 3.11. The van der Waals surface area contributed by atoms with Gasteiger partial charge in [-0.3, -0.25) is 10.1 Å². The predicted molar refractivity (Wildman–Crippen MR) is 88.3 cm³/mol. The Bertz CT molecular complexity index is 795. The Kier molecular flexibility index (Phi) is 4.35. The maximum Gasteiger partial charge on any atom is 0.322 e. The molecule has 0 saturated carbocycles. The summed E-state index contributed by atoms with van der Waals surface area (Å²) in [6.45, 7) is 2.03. The summed E-state index contributed by atoms with van der Waals surface area (Å²) < 4.78 is 6.35. The van der Waals surface area contributed by atoms with E-state index in [9.17, 15) is 4.79 Å². The SMILES string of the molecule is Cc1ccc(Cc2nnc(NC(=O)c3ccc(Br)s3)o2)cc1. The molecular formula is C15H12BrN3O2S. The minimum atomic E-state index is -0.263. The summed E-state index contributed by atoms with van der Waals surface area (Å²) in [5.41, 5.74) is 2.28. The van der Waals surface area contributed by atoms with Crippen molar-refractivity contribution < 1.29 is 9.21 Å². The molecule has 0 aliphatic heterocycles. The van der Waals surface area contributed by atoms with Crippen LogP contribution in [0.2, 0.25) is 0 Å². The van der Waals surface area contributed by atoms with Crippen molar-refractivity contribution in [2.75, 3.05) is 5.32 Å². The topological polar surface area (TPSA) is 68.0 Å². The zero-order chi connectivity index (χ0) is 15.5. The number of nitrogens with zero attached hydrogens (tertiary/aromatic N) is 2. The van der Waals surface area contributed by atoms with Crippen molar-refractivity contribution >= 4 is 39.2 Å². The van der Waals surface area contributed by atoms with Crippen molar-refractivity contribution in [1.82, 2.24) is 10.2 Å². The van der Waals surface area contributed by atoms with E-state index >= 15 is 0 Å². The Balaban J connectivity index is 1.66. The number of thiophene rings is 1. The van der Waals surface area contributed by atoms with Gasteiger partial charge in [0.05, 0.1) is 15.1 Å². The molecule has 2 heterocycles. The van der Waals surface area contributed by atoms with Gasteiger partial charge >= 0.3 is 6.01 Å². The number of halogens is 1. The number of carbonyl (C=O) groups excluding carboxylic acids is 1. The molecule has 5 nitrogen and oxygen atoms in total. The number of carbonyl (C=O) groups is 1. The van der Waals surface area contributed by atoms with Gasteiger partial charge in [-0.1, -0.05) is 34.9 Å². The van der Waals surface area contributed by atoms with Crippen LogP contribution in [0, 0.1) is 6.92 Å². The third-order valence-electron chi connectivity index (χ3n) is 2.96. The van der Waals surface area contributed by atoms with Crippen LogP contribution in [0.1, 0.15) is 26.7 Å². The van der Waals surface area contributed by atoms with Gasteiger partial charge in [-0.15, -0.1) is 16.4 Å². The number of rotatable bonds is 4. The van der Waals surface area contributed by atoms with Crippen LogP contribution in [0.25, 0.3) is 0 Å². The molecule has 0 radical (unpaired) electrons. The number of amides is 1. The number of anilines is 1. The fourth-order valence-electron chi connectivity index (χ4n) is 1.85. The lowest BCUT2D eigenvalue weighted by Gasteiger charge is -1.98. The van der Waals surface area contributed by atoms with Crippen molar-refractivity contribution in [3.63, 3.8) is 0 Å². The maximum absolute atomic E-state index is 12.0. The average molecular weight is 378 g/mol. The highest BCUT2D eigenvalue weighted by atomic mass is 79.9. The van der Waals surface area contributed by atoms with Crippen molar-refractivity contribution in [3.05, 3.63) is 62.1 Å². The molecule has 0 fully saturated rings. The monoisotopic (exact) mass is 377 g/mol. The third-order valence-corrected chi connectivity index (χ3v) is 4.58. The van der Waals surface area contributed by atoms with E-state index in [2.05, 4.69) is 31.4 Å². The van der Waals surface area contributed by atoms with E-state index in [0.29, 0.717) is 17.2 Å². The smallest absolute Gasteiger partial charge is 0.322 e. The van der Waals surface area contributed by atoms with E-state index in [0.717, 1.165) is 9.35 Å².